The molecule has 1 N–H and O–H groups in total. The highest BCUT2D eigenvalue weighted by Gasteiger charge is 2.10. The van der Waals surface area contributed by atoms with Crippen molar-refractivity contribution in [2.45, 2.75) is 19.3 Å². The highest BCUT2D eigenvalue weighted by molar-refractivity contribution is 5.72. The van der Waals surface area contributed by atoms with Gasteiger partial charge < -0.3 is 14.3 Å². The van der Waals surface area contributed by atoms with Crippen molar-refractivity contribution in [1.82, 2.24) is 14.5 Å². The summed E-state index contributed by atoms with van der Waals surface area (Å²) in [5, 5.41) is 10.4. The van der Waals surface area contributed by atoms with Gasteiger partial charge in [0, 0.05) is 6.20 Å². The first-order valence-electron chi connectivity index (χ1n) is 6.82. The molecule has 0 aliphatic carbocycles. The molecular weight excluding hydrogens is 286 g/mol. The third-order valence-corrected chi connectivity index (χ3v) is 3.14. The highest BCUT2D eigenvalue weighted by Crippen LogP contribution is 2.04. The van der Waals surface area contributed by atoms with Crippen LogP contribution in [0.5, 0.6) is 0 Å². The average molecular weight is 301 g/mol. The number of pyridine rings is 1. The predicted molar refractivity (Wildman–Crippen MR) is 78.2 cm³/mol. The lowest BCUT2D eigenvalue weighted by atomic mass is 10.3. The van der Waals surface area contributed by atoms with Gasteiger partial charge in [-0.05, 0) is 24.3 Å². The molecular formula is C15H15N3O4. The first-order valence-corrected chi connectivity index (χ1v) is 6.82. The second-order valence-electron chi connectivity index (χ2n) is 4.82. The molecule has 3 heterocycles. The number of ether oxygens (including phenoxy) is 1. The van der Waals surface area contributed by atoms with Crippen LogP contribution in [0.3, 0.4) is 0 Å². The fraction of sp³-hybridized carbons (Fsp3) is 0.267. The fourth-order valence-corrected chi connectivity index (χ4v) is 2.10. The fourth-order valence-electron chi connectivity index (χ4n) is 2.10. The minimum absolute atomic E-state index is 0.0955. The highest BCUT2D eigenvalue weighted by atomic mass is 16.5. The molecule has 7 nitrogen and oxygen atoms in total. The van der Waals surface area contributed by atoms with E-state index in [-0.39, 0.29) is 25.3 Å². The van der Waals surface area contributed by atoms with Crippen molar-refractivity contribution >= 4 is 11.0 Å². The Kier molecular flexibility index (Phi) is 4.27. The molecule has 1 atom stereocenters. The van der Waals surface area contributed by atoms with Crippen molar-refractivity contribution in [3.63, 3.8) is 0 Å². The first-order chi connectivity index (χ1) is 10.7. The summed E-state index contributed by atoms with van der Waals surface area (Å²) in [7, 11) is 0. The van der Waals surface area contributed by atoms with E-state index in [1.54, 1.807) is 36.7 Å². The zero-order valence-corrected chi connectivity index (χ0v) is 11.8. The molecule has 22 heavy (non-hydrogen) atoms. The second-order valence-corrected chi connectivity index (χ2v) is 4.82. The van der Waals surface area contributed by atoms with E-state index < -0.39 is 6.10 Å². The zero-order chi connectivity index (χ0) is 15.4. The zero-order valence-electron chi connectivity index (χ0n) is 11.8. The Labute approximate surface area is 125 Å². The topological polar surface area (TPSA) is 90.4 Å². The molecule has 0 aliphatic heterocycles. The number of hydrogen-bond donors (Lipinski definition) is 1. The van der Waals surface area contributed by atoms with E-state index in [1.807, 2.05) is 0 Å². The Morgan fingerprint density at radius 2 is 2.23 bits per heavy atom. The molecule has 3 aromatic rings. The van der Waals surface area contributed by atoms with Crippen LogP contribution in [-0.4, -0.2) is 32.4 Å². The number of rotatable bonds is 6. The molecule has 1 unspecified atom stereocenters. The normalized spacial score (nSPS) is 12.6. The van der Waals surface area contributed by atoms with Gasteiger partial charge in [0.15, 0.2) is 5.65 Å². The van der Waals surface area contributed by atoms with Crippen LogP contribution in [0.15, 0.2) is 52.3 Å². The van der Waals surface area contributed by atoms with Crippen molar-refractivity contribution in [1.29, 1.82) is 0 Å². The van der Waals surface area contributed by atoms with Gasteiger partial charge in [-0.1, -0.05) is 0 Å². The second kappa shape index (κ2) is 6.50. The number of nitrogens with zero attached hydrogens (tertiary/aromatic N) is 3. The Balaban J connectivity index is 1.62. The lowest BCUT2D eigenvalue weighted by molar-refractivity contribution is 0.0142. The van der Waals surface area contributed by atoms with Gasteiger partial charge in [0.1, 0.15) is 18.7 Å². The van der Waals surface area contributed by atoms with Crippen molar-refractivity contribution in [2.75, 3.05) is 6.61 Å². The molecule has 0 spiro atoms. The summed E-state index contributed by atoms with van der Waals surface area (Å²) < 4.78 is 11.8. The van der Waals surface area contributed by atoms with Gasteiger partial charge in [-0.3, -0.25) is 9.36 Å². The standard InChI is InChI=1S/C15H15N3O4/c19-11(8-21-9-12-3-2-6-22-12)7-18-10-17-14-13(15(18)20)4-1-5-16-14/h1-6,10-11,19H,7-9H2. The number of fused-ring (bicyclic) bond motifs is 1. The summed E-state index contributed by atoms with van der Waals surface area (Å²) in [6, 6.07) is 6.90. The molecule has 0 amide bonds. The molecule has 0 aliphatic rings. The van der Waals surface area contributed by atoms with Crippen molar-refractivity contribution < 1.29 is 14.3 Å². The minimum Gasteiger partial charge on any atom is -0.467 e. The SMILES string of the molecule is O=c1c2cccnc2ncn1CC(O)COCc1ccco1. The number of aliphatic hydroxyl groups is 1. The molecule has 0 fully saturated rings. The Bertz CT molecular complexity index is 798. The monoisotopic (exact) mass is 301 g/mol. The Morgan fingerprint density at radius 1 is 1.32 bits per heavy atom. The predicted octanol–water partition coefficient (Wildman–Crippen LogP) is 0.962. The van der Waals surface area contributed by atoms with Gasteiger partial charge >= 0.3 is 0 Å². The molecule has 114 valence electrons. The van der Waals surface area contributed by atoms with Crippen LogP contribution < -0.4 is 5.56 Å². The molecule has 0 aromatic carbocycles. The van der Waals surface area contributed by atoms with Gasteiger partial charge in [0.05, 0.1) is 30.9 Å². The van der Waals surface area contributed by atoms with Crippen molar-refractivity contribution in [3.05, 3.63) is 59.2 Å². The summed E-state index contributed by atoms with van der Waals surface area (Å²) in [6.45, 7) is 0.478. The van der Waals surface area contributed by atoms with E-state index >= 15 is 0 Å². The summed E-state index contributed by atoms with van der Waals surface area (Å²) in [4.78, 5) is 20.4. The molecule has 0 saturated carbocycles. The van der Waals surface area contributed by atoms with Crippen molar-refractivity contribution in [2.24, 2.45) is 0 Å². The molecule has 0 bridgehead atoms. The summed E-state index contributed by atoms with van der Waals surface area (Å²) in [5.41, 5.74) is 0.162. The molecule has 3 rings (SSSR count). The maximum Gasteiger partial charge on any atom is 0.262 e. The Morgan fingerprint density at radius 3 is 3.05 bits per heavy atom. The van der Waals surface area contributed by atoms with Gasteiger partial charge in [-0.25, -0.2) is 9.97 Å². The number of aromatic nitrogens is 3. The van der Waals surface area contributed by atoms with E-state index in [1.165, 1.54) is 10.9 Å². The molecule has 7 heteroatoms. The van der Waals surface area contributed by atoms with E-state index in [4.69, 9.17) is 9.15 Å². The van der Waals surface area contributed by atoms with Gasteiger partial charge in [-0.2, -0.15) is 0 Å². The lowest BCUT2D eigenvalue weighted by Crippen LogP contribution is -2.29. The van der Waals surface area contributed by atoms with Crippen LogP contribution >= 0.6 is 0 Å². The van der Waals surface area contributed by atoms with Gasteiger partial charge in [0.25, 0.3) is 5.56 Å². The first kappa shape index (κ1) is 14.4. The molecule has 0 radical (unpaired) electrons. The number of hydrogen-bond acceptors (Lipinski definition) is 6. The summed E-state index contributed by atoms with van der Waals surface area (Å²) >= 11 is 0. The smallest absolute Gasteiger partial charge is 0.262 e. The number of aliphatic hydroxyl groups excluding tert-OH is 1. The van der Waals surface area contributed by atoms with Crippen LogP contribution in [0.4, 0.5) is 0 Å². The summed E-state index contributed by atoms with van der Waals surface area (Å²) in [5.74, 6) is 0.683. The van der Waals surface area contributed by atoms with Gasteiger partial charge in [0.2, 0.25) is 0 Å². The van der Waals surface area contributed by atoms with Crippen LogP contribution in [0.25, 0.3) is 11.0 Å². The van der Waals surface area contributed by atoms with E-state index in [9.17, 15) is 9.90 Å². The molecule has 0 saturated heterocycles. The van der Waals surface area contributed by atoms with Gasteiger partial charge in [-0.15, -0.1) is 0 Å². The number of furan rings is 1. The largest absolute Gasteiger partial charge is 0.467 e. The summed E-state index contributed by atoms with van der Waals surface area (Å²) in [6.07, 6.45) is 3.71. The maximum absolute atomic E-state index is 12.2. The average Bonchev–Trinajstić information content (AvgIpc) is 3.04. The van der Waals surface area contributed by atoms with E-state index in [0.717, 1.165) is 0 Å². The Hall–Kier alpha value is -2.51. The quantitative estimate of drug-likeness (QED) is 0.729. The van der Waals surface area contributed by atoms with E-state index in [2.05, 4.69) is 9.97 Å². The van der Waals surface area contributed by atoms with Crippen LogP contribution in [0.1, 0.15) is 5.76 Å². The lowest BCUT2D eigenvalue weighted by Gasteiger charge is -2.12. The van der Waals surface area contributed by atoms with Crippen molar-refractivity contribution in [3.8, 4) is 0 Å². The third-order valence-electron chi connectivity index (χ3n) is 3.14. The van der Waals surface area contributed by atoms with Crippen LogP contribution in [0, 0.1) is 0 Å². The molecule has 3 aromatic heterocycles. The minimum atomic E-state index is -0.816. The van der Waals surface area contributed by atoms with E-state index in [0.29, 0.717) is 16.8 Å². The van der Waals surface area contributed by atoms with Crippen LogP contribution in [0.2, 0.25) is 0 Å². The maximum atomic E-state index is 12.2. The third kappa shape index (κ3) is 3.21. The van der Waals surface area contributed by atoms with Crippen LogP contribution in [-0.2, 0) is 17.9 Å².